The van der Waals surface area contributed by atoms with E-state index in [1.807, 2.05) is 42.5 Å². The highest BCUT2D eigenvalue weighted by Gasteiger charge is 2.04. The highest BCUT2D eigenvalue weighted by atomic mass is 16.3. The van der Waals surface area contributed by atoms with E-state index in [1.165, 1.54) is 6.08 Å². The van der Waals surface area contributed by atoms with Gasteiger partial charge in [-0.3, -0.25) is 9.59 Å². The number of aliphatic hydroxyl groups excluding tert-OH is 1. The quantitative estimate of drug-likeness (QED) is 0.771. The number of amides is 1. The summed E-state index contributed by atoms with van der Waals surface area (Å²) in [5.74, 6) is -0.312. The van der Waals surface area contributed by atoms with Crippen LogP contribution in [0, 0.1) is 0 Å². The zero-order chi connectivity index (χ0) is 15.8. The zero-order valence-electron chi connectivity index (χ0n) is 12.3. The fourth-order valence-electron chi connectivity index (χ4n) is 2.18. The van der Waals surface area contributed by atoms with E-state index in [4.69, 9.17) is 5.11 Å². The Balaban J connectivity index is 1.96. The van der Waals surface area contributed by atoms with Crippen molar-refractivity contribution in [2.24, 2.45) is 0 Å². The number of hydrogen-bond acceptors (Lipinski definition) is 3. The van der Waals surface area contributed by atoms with Gasteiger partial charge in [0, 0.05) is 19.4 Å². The molecule has 1 amide bonds. The molecule has 0 radical (unpaired) electrons. The second-order valence-corrected chi connectivity index (χ2v) is 4.94. The minimum atomic E-state index is -0.221. The monoisotopic (exact) mass is 297 g/mol. The van der Waals surface area contributed by atoms with Crippen LogP contribution in [0.4, 0.5) is 0 Å². The van der Waals surface area contributed by atoms with E-state index in [0.717, 1.165) is 16.3 Å². The molecule has 0 aromatic heterocycles. The molecular weight excluding hydrogens is 278 g/mol. The molecule has 4 nitrogen and oxygen atoms in total. The van der Waals surface area contributed by atoms with Gasteiger partial charge in [0.15, 0.2) is 5.78 Å². The predicted molar refractivity (Wildman–Crippen MR) is 87.3 cm³/mol. The van der Waals surface area contributed by atoms with E-state index in [1.54, 1.807) is 6.08 Å². The predicted octanol–water partition coefficient (Wildman–Crippen LogP) is 2.31. The zero-order valence-corrected chi connectivity index (χ0v) is 12.3. The lowest BCUT2D eigenvalue weighted by Crippen LogP contribution is -2.26. The summed E-state index contributed by atoms with van der Waals surface area (Å²) in [7, 11) is 0. The van der Waals surface area contributed by atoms with E-state index < -0.39 is 0 Å². The lowest BCUT2D eigenvalue weighted by atomic mass is 10.0. The van der Waals surface area contributed by atoms with Crippen LogP contribution in [0.25, 0.3) is 16.8 Å². The van der Waals surface area contributed by atoms with Crippen LogP contribution in [0.1, 0.15) is 18.4 Å². The average Bonchev–Trinajstić information content (AvgIpc) is 2.56. The average molecular weight is 297 g/mol. The van der Waals surface area contributed by atoms with Crippen molar-refractivity contribution in [3.05, 3.63) is 54.1 Å². The fraction of sp³-hybridized carbons (Fsp3) is 0.222. The molecule has 4 heteroatoms. The van der Waals surface area contributed by atoms with Crippen molar-refractivity contribution < 1.29 is 14.7 Å². The number of carbonyl (C=O) groups excluding carboxylic acids is 2. The van der Waals surface area contributed by atoms with E-state index in [9.17, 15) is 9.59 Å². The summed E-state index contributed by atoms with van der Waals surface area (Å²) in [5, 5.41) is 13.3. The van der Waals surface area contributed by atoms with Gasteiger partial charge in [-0.2, -0.15) is 0 Å². The Bertz CT molecular complexity index is 686. The van der Waals surface area contributed by atoms with Gasteiger partial charge in [0.1, 0.15) is 0 Å². The third-order valence-electron chi connectivity index (χ3n) is 3.30. The molecule has 0 aliphatic heterocycles. The van der Waals surface area contributed by atoms with Crippen molar-refractivity contribution in [2.75, 3.05) is 13.2 Å². The molecule has 114 valence electrons. The van der Waals surface area contributed by atoms with Gasteiger partial charge >= 0.3 is 0 Å². The molecule has 0 saturated heterocycles. The van der Waals surface area contributed by atoms with Gasteiger partial charge in [0.05, 0.1) is 6.61 Å². The third kappa shape index (κ3) is 4.53. The summed E-state index contributed by atoms with van der Waals surface area (Å²) in [6, 6.07) is 13.9. The maximum Gasteiger partial charge on any atom is 0.220 e. The van der Waals surface area contributed by atoms with Gasteiger partial charge in [-0.05, 0) is 22.4 Å². The molecule has 2 rings (SSSR count). The molecule has 0 bridgehead atoms. The van der Waals surface area contributed by atoms with Crippen LogP contribution in [-0.2, 0) is 9.59 Å². The van der Waals surface area contributed by atoms with Crippen LogP contribution >= 0.6 is 0 Å². The van der Waals surface area contributed by atoms with E-state index in [-0.39, 0.29) is 37.7 Å². The molecule has 0 unspecified atom stereocenters. The van der Waals surface area contributed by atoms with Crippen molar-refractivity contribution >= 4 is 28.5 Å². The van der Waals surface area contributed by atoms with E-state index in [2.05, 4.69) is 5.32 Å². The van der Waals surface area contributed by atoms with Crippen LogP contribution in [0.15, 0.2) is 48.5 Å². The topological polar surface area (TPSA) is 66.4 Å². The lowest BCUT2D eigenvalue weighted by molar-refractivity contribution is -0.123. The molecule has 0 heterocycles. The normalized spacial score (nSPS) is 11.0. The highest BCUT2D eigenvalue weighted by Crippen LogP contribution is 2.19. The van der Waals surface area contributed by atoms with E-state index >= 15 is 0 Å². The molecule has 0 aliphatic rings. The second-order valence-electron chi connectivity index (χ2n) is 4.94. The Labute approximate surface area is 129 Å². The number of nitrogens with one attached hydrogen (secondary N) is 1. The smallest absolute Gasteiger partial charge is 0.220 e. The molecule has 2 aromatic rings. The van der Waals surface area contributed by atoms with Crippen molar-refractivity contribution in [3.8, 4) is 0 Å². The maximum absolute atomic E-state index is 11.8. The van der Waals surface area contributed by atoms with Gasteiger partial charge < -0.3 is 10.4 Å². The number of ketones is 1. The molecule has 2 aromatic carbocycles. The second kappa shape index (κ2) is 8.10. The van der Waals surface area contributed by atoms with Gasteiger partial charge in [0.2, 0.25) is 5.91 Å². The molecule has 22 heavy (non-hydrogen) atoms. The minimum Gasteiger partial charge on any atom is -0.395 e. The Hall–Kier alpha value is -2.46. The van der Waals surface area contributed by atoms with Crippen molar-refractivity contribution in [1.82, 2.24) is 5.32 Å². The largest absolute Gasteiger partial charge is 0.395 e. The van der Waals surface area contributed by atoms with Crippen LogP contribution in [0.5, 0.6) is 0 Å². The first kappa shape index (κ1) is 15.9. The summed E-state index contributed by atoms with van der Waals surface area (Å²) in [6.45, 7) is 0.125. The summed E-state index contributed by atoms with van der Waals surface area (Å²) in [4.78, 5) is 23.2. The Morgan fingerprint density at radius 2 is 1.82 bits per heavy atom. The highest BCUT2D eigenvalue weighted by molar-refractivity contribution is 5.98. The first-order valence-electron chi connectivity index (χ1n) is 7.27. The summed E-state index contributed by atoms with van der Waals surface area (Å²) in [6.07, 6.45) is 3.61. The van der Waals surface area contributed by atoms with E-state index in [0.29, 0.717) is 0 Å². The van der Waals surface area contributed by atoms with Gasteiger partial charge in [-0.15, -0.1) is 0 Å². The van der Waals surface area contributed by atoms with Crippen molar-refractivity contribution in [1.29, 1.82) is 0 Å². The first-order chi connectivity index (χ1) is 10.7. The summed E-state index contributed by atoms with van der Waals surface area (Å²) >= 11 is 0. The van der Waals surface area contributed by atoms with Crippen LogP contribution in [-0.4, -0.2) is 29.9 Å². The van der Waals surface area contributed by atoms with Crippen molar-refractivity contribution in [2.45, 2.75) is 12.8 Å². The van der Waals surface area contributed by atoms with Gasteiger partial charge in [0.25, 0.3) is 0 Å². The molecule has 2 N–H and O–H groups in total. The first-order valence-corrected chi connectivity index (χ1v) is 7.27. The number of carbonyl (C=O) groups is 2. The number of rotatable bonds is 7. The summed E-state index contributed by atoms with van der Waals surface area (Å²) in [5.41, 5.74) is 0.983. The standard InChI is InChI=1S/C18H19NO3/c20-13-12-19-18(22)11-10-16(21)9-8-15-6-3-5-14-4-1-2-7-17(14)15/h1-9,20H,10-13H2,(H,19,22)/b9-8+. The molecule has 0 atom stereocenters. The lowest BCUT2D eigenvalue weighted by Gasteiger charge is -2.02. The fourth-order valence-corrected chi connectivity index (χ4v) is 2.18. The molecule has 0 aliphatic carbocycles. The Morgan fingerprint density at radius 1 is 1.05 bits per heavy atom. The molecule has 0 fully saturated rings. The molecule has 0 saturated carbocycles. The summed E-state index contributed by atoms with van der Waals surface area (Å²) < 4.78 is 0. The maximum atomic E-state index is 11.8. The Kier molecular flexibility index (Phi) is 5.86. The van der Waals surface area contributed by atoms with Crippen molar-refractivity contribution in [3.63, 3.8) is 0 Å². The van der Waals surface area contributed by atoms with Gasteiger partial charge in [-0.1, -0.05) is 48.5 Å². The number of allylic oxidation sites excluding steroid dienone is 1. The Morgan fingerprint density at radius 3 is 2.64 bits per heavy atom. The molecular formula is C18H19NO3. The van der Waals surface area contributed by atoms with Crippen LogP contribution in [0.2, 0.25) is 0 Å². The molecule has 0 spiro atoms. The third-order valence-corrected chi connectivity index (χ3v) is 3.30. The van der Waals surface area contributed by atoms with Crippen LogP contribution < -0.4 is 5.32 Å². The number of hydrogen-bond donors (Lipinski definition) is 2. The van der Waals surface area contributed by atoms with Gasteiger partial charge in [-0.25, -0.2) is 0 Å². The number of aliphatic hydroxyl groups is 1. The SMILES string of the molecule is O=C(/C=C/c1cccc2ccccc12)CCC(=O)NCCO. The van der Waals surface area contributed by atoms with Crippen LogP contribution in [0.3, 0.4) is 0 Å². The number of benzene rings is 2. The minimum absolute atomic E-state index is 0.0907. The number of fused-ring (bicyclic) bond motifs is 1.